The summed E-state index contributed by atoms with van der Waals surface area (Å²) in [5.74, 6) is 0. The Morgan fingerprint density at radius 3 is 2.67 bits per heavy atom. The zero-order valence-electron chi connectivity index (χ0n) is 11.1. The van der Waals surface area contributed by atoms with Crippen LogP contribution in [0.4, 0.5) is 4.79 Å². The number of amides is 1. The van der Waals surface area contributed by atoms with Gasteiger partial charge in [-0.05, 0) is 18.9 Å². The van der Waals surface area contributed by atoms with E-state index in [-0.39, 0.29) is 11.6 Å². The first-order valence-corrected chi connectivity index (χ1v) is 6.95. The summed E-state index contributed by atoms with van der Waals surface area (Å²) in [6, 6.07) is 2.98. The number of fused-ring (bicyclic) bond motifs is 1. The van der Waals surface area contributed by atoms with Crippen molar-refractivity contribution >= 4 is 28.7 Å². The highest BCUT2D eigenvalue weighted by Crippen LogP contribution is 2.25. The van der Waals surface area contributed by atoms with Crippen molar-refractivity contribution in [1.82, 2.24) is 19.4 Å². The zero-order valence-corrected chi connectivity index (χ0v) is 11.8. The van der Waals surface area contributed by atoms with Crippen molar-refractivity contribution in [3.05, 3.63) is 34.0 Å². The SMILES string of the molecule is O=C(O)N1CCC(n2c(=O)ccc3c(Cl)ncnc32)CC1. The molecule has 0 saturated carbocycles. The van der Waals surface area contributed by atoms with E-state index in [4.69, 9.17) is 16.7 Å². The fourth-order valence-electron chi connectivity index (χ4n) is 2.71. The second-order valence-electron chi connectivity index (χ2n) is 4.94. The molecule has 1 saturated heterocycles. The average molecular weight is 309 g/mol. The normalized spacial score (nSPS) is 16.3. The van der Waals surface area contributed by atoms with Gasteiger partial charge in [-0.1, -0.05) is 11.6 Å². The first-order chi connectivity index (χ1) is 10.1. The van der Waals surface area contributed by atoms with Crippen LogP contribution in [-0.4, -0.2) is 43.7 Å². The molecule has 7 nitrogen and oxygen atoms in total. The van der Waals surface area contributed by atoms with E-state index in [1.165, 1.54) is 17.3 Å². The van der Waals surface area contributed by atoms with Crippen LogP contribution in [0.1, 0.15) is 18.9 Å². The van der Waals surface area contributed by atoms with Crippen LogP contribution in [0.2, 0.25) is 5.15 Å². The number of carbonyl (C=O) groups is 1. The van der Waals surface area contributed by atoms with E-state index in [0.29, 0.717) is 42.1 Å². The van der Waals surface area contributed by atoms with E-state index < -0.39 is 6.09 Å². The number of carboxylic acid groups (broad SMARTS) is 1. The van der Waals surface area contributed by atoms with Crippen LogP contribution in [0.25, 0.3) is 11.0 Å². The van der Waals surface area contributed by atoms with Gasteiger partial charge >= 0.3 is 6.09 Å². The van der Waals surface area contributed by atoms with Gasteiger partial charge in [-0.2, -0.15) is 0 Å². The smallest absolute Gasteiger partial charge is 0.407 e. The molecule has 1 amide bonds. The minimum absolute atomic E-state index is 0.0808. The van der Waals surface area contributed by atoms with Crippen molar-refractivity contribution in [2.24, 2.45) is 0 Å². The molecule has 2 aromatic rings. The summed E-state index contributed by atoms with van der Waals surface area (Å²) in [6.07, 6.45) is 1.55. The molecule has 0 aromatic carbocycles. The molecule has 8 heteroatoms. The van der Waals surface area contributed by atoms with Gasteiger partial charge in [-0.15, -0.1) is 0 Å². The quantitative estimate of drug-likeness (QED) is 0.811. The first-order valence-electron chi connectivity index (χ1n) is 6.57. The van der Waals surface area contributed by atoms with Crippen molar-refractivity contribution in [1.29, 1.82) is 0 Å². The van der Waals surface area contributed by atoms with Crippen molar-refractivity contribution in [3.8, 4) is 0 Å². The summed E-state index contributed by atoms with van der Waals surface area (Å²) >= 11 is 6.03. The van der Waals surface area contributed by atoms with Gasteiger partial charge in [0.15, 0.2) is 0 Å². The molecule has 1 fully saturated rings. The largest absolute Gasteiger partial charge is 0.465 e. The topological polar surface area (TPSA) is 88.3 Å². The highest BCUT2D eigenvalue weighted by molar-refractivity contribution is 6.33. The molecule has 21 heavy (non-hydrogen) atoms. The number of hydrogen-bond donors (Lipinski definition) is 1. The number of hydrogen-bond acceptors (Lipinski definition) is 4. The summed E-state index contributed by atoms with van der Waals surface area (Å²) in [5.41, 5.74) is 0.335. The van der Waals surface area contributed by atoms with Crippen LogP contribution in [0.5, 0.6) is 0 Å². The monoisotopic (exact) mass is 308 g/mol. The van der Waals surface area contributed by atoms with E-state index in [1.807, 2.05) is 0 Å². The van der Waals surface area contributed by atoms with Gasteiger partial charge in [-0.25, -0.2) is 14.8 Å². The predicted molar refractivity (Wildman–Crippen MR) is 76.7 cm³/mol. The Balaban J connectivity index is 2.01. The van der Waals surface area contributed by atoms with E-state index in [2.05, 4.69) is 9.97 Å². The van der Waals surface area contributed by atoms with E-state index in [9.17, 15) is 9.59 Å². The lowest BCUT2D eigenvalue weighted by Gasteiger charge is -2.31. The van der Waals surface area contributed by atoms with Gasteiger partial charge < -0.3 is 10.0 Å². The van der Waals surface area contributed by atoms with Crippen LogP contribution in [0.15, 0.2) is 23.3 Å². The number of halogens is 1. The minimum atomic E-state index is -0.927. The van der Waals surface area contributed by atoms with Crippen LogP contribution in [0, 0.1) is 0 Å². The number of aromatic nitrogens is 3. The maximum atomic E-state index is 12.2. The second-order valence-corrected chi connectivity index (χ2v) is 5.30. The predicted octanol–water partition coefficient (Wildman–Crippen LogP) is 1.76. The highest BCUT2D eigenvalue weighted by Gasteiger charge is 2.25. The molecule has 3 rings (SSSR count). The molecule has 3 heterocycles. The molecule has 1 aliphatic heterocycles. The summed E-state index contributed by atoms with van der Waals surface area (Å²) < 4.78 is 1.60. The Labute approximate surface area is 124 Å². The summed E-state index contributed by atoms with van der Waals surface area (Å²) in [7, 11) is 0. The van der Waals surface area contributed by atoms with E-state index in [0.717, 1.165) is 0 Å². The molecule has 0 radical (unpaired) electrons. The van der Waals surface area contributed by atoms with Gasteiger partial charge in [0, 0.05) is 25.2 Å². The number of piperidine rings is 1. The van der Waals surface area contributed by atoms with Crippen molar-refractivity contribution < 1.29 is 9.90 Å². The van der Waals surface area contributed by atoms with Crippen LogP contribution < -0.4 is 5.56 Å². The molecule has 2 aromatic heterocycles. The standard InChI is InChI=1S/C13H13ClN4O3/c14-11-9-1-2-10(19)18(12(9)16-7-15-11)8-3-5-17(6-4-8)13(20)21/h1-2,7-8H,3-6H2,(H,20,21). The molecule has 110 valence electrons. The highest BCUT2D eigenvalue weighted by atomic mass is 35.5. The number of pyridine rings is 1. The van der Waals surface area contributed by atoms with E-state index in [1.54, 1.807) is 10.6 Å². The van der Waals surface area contributed by atoms with Crippen LogP contribution >= 0.6 is 11.6 Å². The van der Waals surface area contributed by atoms with E-state index >= 15 is 0 Å². The molecular weight excluding hydrogens is 296 g/mol. The van der Waals surface area contributed by atoms with Crippen LogP contribution in [-0.2, 0) is 0 Å². The van der Waals surface area contributed by atoms with Crippen molar-refractivity contribution in [3.63, 3.8) is 0 Å². The fraction of sp³-hybridized carbons (Fsp3) is 0.385. The number of nitrogens with zero attached hydrogens (tertiary/aromatic N) is 4. The minimum Gasteiger partial charge on any atom is -0.465 e. The Bertz CT molecular complexity index is 753. The third-order valence-corrected chi connectivity index (χ3v) is 4.07. The Morgan fingerprint density at radius 2 is 2.00 bits per heavy atom. The lowest BCUT2D eigenvalue weighted by molar-refractivity contribution is 0.125. The Hall–Kier alpha value is -2.15. The molecule has 1 N–H and O–H groups in total. The lowest BCUT2D eigenvalue weighted by Crippen LogP contribution is -2.40. The van der Waals surface area contributed by atoms with Gasteiger partial charge in [0.05, 0.1) is 5.39 Å². The number of rotatable bonds is 1. The van der Waals surface area contributed by atoms with Gasteiger partial charge in [0.25, 0.3) is 5.56 Å². The van der Waals surface area contributed by atoms with Crippen molar-refractivity contribution in [2.45, 2.75) is 18.9 Å². The maximum absolute atomic E-state index is 12.2. The Kier molecular flexibility index (Phi) is 3.50. The molecule has 0 bridgehead atoms. The number of likely N-dealkylation sites (tertiary alicyclic amines) is 1. The summed E-state index contributed by atoms with van der Waals surface area (Å²) in [4.78, 5) is 32.6. The maximum Gasteiger partial charge on any atom is 0.407 e. The molecular formula is C13H13ClN4O3. The van der Waals surface area contributed by atoms with Gasteiger partial charge in [0.1, 0.15) is 17.1 Å². The average Bonchev–Trinajstić information content (AvgIpc) is 2.47. The molecule has 0 atom stereocenters. The van der Waals surface area contributed by atoms with Gasteiger partial charge in [0.2, 0.25) is 0 Å². The fourth-order valence-corrected chi connectivity index (χ4v) is 2.90. The van der Waals surface area contributed by atoms with Crippen molar-refractivity contribution in [2.75, 3.05) is 13.1 Å². The Morgan fingerprint density at radius 1 is 1.29 bits per heavy atom. The first kappa shape index (κ1) is 13.8. The zero-order chi connectivity index (χ0) is 15.0. The summed E-state index contributed by atoms with van der Waals surface area (Å²) in [6.45, 7) is 0.809. The summed E-state index contributed by atoms with van der Waals surface area (Å²) in [5, 5.41) is 9.90. The molecule has 0 unspecified atom stereocenters. The van der Waals surface area contributed by atoms with Crippen LogP contribution in [0.3, 0.4) is 0 Å². The molecule has 1 aliphatic rings. The lowest BCUT2D eigenvalue weighted by atomic mass is 10.0. The van der Waals surface area contributed by atoms with Gasteiger partial charge in [-0.3, -0.25) is 9.36 Å². The third-order valence-electron chi connectivity index (χ3n) is 3.77. The second kappa shape index (κ2) is 5.33. The third kappa shape index (κ3) is 2.44. The molecule has 0 aliphatic carbocycles. The molecule has 0 spiro atoms.